The van der Waals surface area contributed by atoms with Gasteiger partial charge in [-0.15, -0.1) is 0 Å². The van der Waals surface area contributed by atoms with Gasteiger partial charge in [0.15, 0.2) is 0 Å². The first-order chi connectivity index (χ1) is 11.2. The maximum absolute atomic E-state index is 12.0. The summed E-state index contributed by atoms with van der Waals surface area (Å²) in [4.78, 5) is 20.4. The first kappa shape index (κ1) is 15.4. The van der Waals surface area contributed by atoms with Gasteiger partial charge in [0.1, 0.15) is 0 Å². The second-order valence-electron chi connectivity index (χ2n) is 5.63. The zero-order valence-electron chi connectivity index (χ0n) is 13.1. The van der Waals surface area contributed by atoms with Crippen LogP contribution < -0.4 is 10.6 Å². The number of hydrogen-bond donors (Lipinski definition) is 2. The highest BCUT2D eigenvalue weighted by molar-refractivity contribution is 5.93. The summed E-state index contributed by atoms with van der Waals surface area (Å²) in [7, 11) is 0. The second kappa shape index (κ2) is 7.19. The molecule has 1 fully saturated rings. The van der Waals surface area contributed by atoms with Crippen LogP contribution in [0.25, 0.3) is 0 Å². The van der Waals surface area contributed by atoms with Crippen molar-refractivity contribution in [1.29, 1.82) is 0 Å². The van der Waals surface area contributed by atoms with Gasteiger partial charge < -0.3 is 15.4 Å². The van der Waals surface area contributed by atoms with E-state index in [0.29, 0.717) is 18.1 Å². The molecule has 6 nitrogen and oxygen atoms in total. The molecule has 0 radical (unpaired) electrons. The summed E-state index contributed by atoms with van der Waals surface area (Å²) >= 11 is 0. The summed E-state index contributed by atoms with van der Waals surface area (Å²) in [6.07, 6.45) is 5.23. The Labute approximate surface area is 135 Å². The molecule has 1 aromatic carbocycles. The van der Waals surface area contributed by atoms with E-state index in [9.17, 15) is 4.79 Å². The van der Waals surface area contributed by atoms with Crippen LogP contribution in [0.4, 0.5) is 11.6 Å². The van der Waals surface area contributed by atoms with Crippen molar-refractivity contribution >= 4 is 17.5 Å². The Morgan fingerprint density at radius 3 is 2.65 bits per heavy atom. The van der Waals surface area contributed by atoms with E-state index in [4.69, 9.17) is 4.74 Å². The minimum absolute atomic E-state index is 0.127. The van der Waals surface area contributed by atoms with Crippen LogP contribution in [0, 0.1) is 6.92 Å². The Morgan fingerprint density at radius 1 is 1.26 bits per heavy atom. The van der Waals surface area contributed by atoms with Crippen LogP contribution in [-0.2, 0) is 4.74 Å². The Bertz CT molecular complexity index is 649. The predicted octanol–water partition coefficient (Wildman–Crippen LogP) is 2.44. The highest BCUT2D eigenvalue weighted by Crippen LogP contribution is 2.13. The average molecular weight is 312 g/mol. The quantitative estimate of drug-likeness (QED) is 0.887. The predicted molar refractivity (Wildman–Crippen MR) is 87.8 cm³/mol. The number of carbonyl (C=O) groups is 1. The highest BCUT2D eigenvalue weighted by Gasteiger charge is 2.16. The summed E-state index contributed by atoms with van der Waals surface area (Å²) in [5.74, 6) is 0.284. The van der Waals surface area contributed by atoms with Crippen LogP contribution in [-0.4, -0.2) is 35.1 Å². The van der Waals surface area contributed by atoms with Crippen molar-refractivity contribution in [3.05, 3.63) is 47.8 Å². The van der Waals surface area contributed by atoms with E-state index < -0.39 is 0 Å². The molecule has 0 aliphatic carbocycles. The van der Waals surface area contributed by atoms with Crippen molar-refractivity contribution in [2.45, 2.75) is 25.9 Å². The van der Waals surface area contributed by atoms with Crippen molar-refractivity contribution in [3.8, 4) is 0 Å². The summed E-state index contributed by atoms with van der Waals surface area (Å²) < 4.78 is 5.48. The molecule has 120 valence electrons. The third kappa shape index (κ3) is 4.26. The SMILES string of the molecule is Cc1ccc(Nc2ncc(C(=O)NCC3CCCO3)cn2)cc1. The smallest absolute Gasteiger partial charge is 0.254 e. The molecule has 0 bridgehead atoms. The van der Waals surface area contributed by atoms with E-state index in [1.807, 2.05) is 31.2 Å². The molecule has 2 N–H and O–H groups in total. The molecule has 2 aromatic rings. The minimum Gasteiger partial charge on any atom is -0.376 e. The Kier molecular flexibility index (Phi) is 4.83. The monoisotopic (exact) mass is 312 g/mol. The molecule has 1 amide bonds. The lowest BCUT2D eigenvalue weighted by molar-refractivity contribution is 0.0857. The van der Waals surface area contributed by atoms with E-state index in [0.717, 1.165) is 25.1 Å². The van der Waals surface area contributed by atoms with Crippen molar-refractivity contribution in [1.82, 2.24) is 15.3 Å². The van der Waals surface area contributed by atoms with Crippen LogP contribution >= 0.6 is 0 Å². The molecule has 0 saturated carbocycles. The molecule has 1 unspecified atom stereocenters. The van der Waals surface area contributed by atoms with Gasteiger partial charge in [-0.2, -0.15) is 0 Å². The summed E-state index contributed by atoms with van der Waals surface area (Å²) in [6, 6.07) is 7.94. The Hall–Kier alpha value is -2.47. The van der Waals surface area contributed by atoms with E-state index in [1.165, 1.54) is 18.0 Å². The number of hydrogen-bond acceptors (Lipinski definition) is 5. The van der Waals surface area contributed by atoms with Crippen LogP contribution in [0.2, 0.25) is 0 Å². The van der Waals surface area contributed by atoms with Gasteiger partial charge in [0.25, 0.3) is 5.91 Å². The van der Waals surface area contributed by atoms with Gasteiger partial charge in [0, 0.05) is 31.2 Å². The van der Waals surface area contributed by atoms with Crippen LogP contribution in [0.5, 0.6) is 0 Å². The van der Waals surface area contributed by atoms with Crippen LogP contribution in [0.1, 0.15) is 28.8 Å². The van der Waals surface area contributed by atoms with Gasteiger partial charge in [-0.1, -0.05) is 17.7 Å². The maximum Gasteiger partial charge on any atom is 0.254 e. The Morgan fingerprint density at radius 2 is 2.00 bits per heavy atom. The number of aromatic nitrogens is 2. The van der Waals surface area contributed by atoms with Crippen molar-refractivity contribution in [2.75, 3.05) is 18.5 Å². The number of benzene rings is 1. The van der Waals surface area contributed by atoms with Gasteiger partial charge >= 0.3 is 0 Å². The summed E-state index contributed by atoms with van der Waals surface area (Å²) in [6.45, 7) is 3.34. The molecule has 6 heteroatoms. The van der Waals surface area contributed by atoms with Crippen molar-refractivity contribution < 1.29 is 9.53 Å². The molecular formula is C17H20N4O2. The zero-order chi connectivity index (χ0) is 16.1. The average Bonchev–Trinajstić information content (AvgIpc) is 3.09. The van der Waals surface area contributed by atoms with Gasteiger partial charge in [-0.25, -0.2) is 9.97 Å². The van der Waals surface area contributed by atoms with Crippen LogP contribution in [0.15, 0.2) is 36.7 Å². The lowest BCUT2D eigenvalue weighted by Crippen LogP contribution is -2.31. The molecule has 1 aliphatic heterocycles. The standard InChI is InChI=1S/C17H20N4O2/c1-12-4-6-14(7-5-12)21-17-19-9-13(10-20-17)16(22)18-11-15-3-2-8-23-15/h4-7,9-10,15H,2-3,8,11H2,1H3,(H,18,22)(H,19,20,21). The number of rotatable bonds is 5. The van der Waals surface area contributed by atoms with E-state index in [2.05, 4.69) is 20.6 Å². The molecular weight excluding hydrogens is 292 g/mol. The number of amides is 1. The number of ether oxygens (including phenoxy) is 1. The van der Waals surface area contributed by atoms with E-state index >= 15 is 0 Å². The van der Waals surface area contributed by atoms with Crippen molar-refractivity contribution in [2.24, 2.45) is 0 Å². The maximum atomic E-state index is 12.0. The first-order valence-corrected chi connectivity index (χ1v) is 7.76. The molecule has 3 rings (SSSR count). The normalized spacial score (nSPS) is 17.0. The topological polar surface area (TPSA) is 76.1 Å². The third-order valence-corrected chi connectivity index (χ3v) is 3.74. The lowest BCUT2D eigenvalue weighted by Gasteiger charge is -2.10. The van der Waals surface area contributed by atoms with E-state index in [1.54, 1.807) is 0 Å². The lowest BCUT2D eigenvalue weighted by atomic mass is 10.2. The summed E-state index contributed by atoms with van der Waals surface area (Å²) in [5.41, 5.74) is 2.54. The molecule has 0 spiro atoms. The molecule has 1 saturated heterocycles. The van der Waals surface area contributed by atoms with Crippen molar-refractivity contribution in [3.63, 3.8) is 0 Å². The van der Waals surface area contributed by atoms with Gasteiger partial charge in [0.05, 0.1) is 11.7 Å². The highest BCUT2D eigenvalue weighted by atomic mass is 16.5. The molecule has 23 heavy (non-hydrogen) atoms. The Balaban J connectivity index is 1.55. The fraction of sp³-hybridized carbons (Fsp3) is 0.353. The van der Waals surface area contributed by atoms with Gasteiger partial charge in [-0.05, 0) is 31.9 Å². The molecule has 2 heterocycles. The number of anilines is 2. The number of aryl methyl sites for hydroxylation is 1. The third-order valence-electron chi connectivity index (χ3n) is 3.74. The summed E-state index contributed by atoms with van der Waals surface area (Å²) in [5, 5.41) is 5.95. The van der Waals surface area contributed by atoms with E-state index in [-0.39, 0.29) is 12.0 Å². The fourth-order valence-electron chi connectivity index (χ4n) is 2.39. The molecule has 1 atom stereocenters. The van der Waals surface area contributed by atoms with Gasteiger partial charge in [-0.3, -0.25) is 4.79 Å². The largest absolute Gasteiger partial charge is 0.376 e. The van der Waals surface area contributed by atoms with Crippen LogP contribution in [0.3, 0.4) is 0 Å². The number of carbonyl (C=O) groups excluding carboxylic acids is 1. The first-order valence-electron chi connectivity index (χ1n) is 7.76. The zero-order valence-corrected chi connectivity index (χ0v) is 13.1. The second-order valence-corrected chi connectivity index (χ2v) is 5.63. The minimum atomic E-state index is -0.178. The molecule has 1 aliphatic rings. The number of nitrogens with one attached hydrogen (secondary N) is 2. The molecule has 1 aromatic heterocycles. The number of nitrogens with zero attached hydrogens (tertiary/aromatic N) is 2. The fourth-order valence-corrected chi connectivity index (χ4v) is 2.39. The van der Waals surface area contributed by atoms with Gasteiger partial charge in [0.2, 0.25) is 5.95 Å².